The normalized spacial score (nSPS) is 13.6. The molecule has 0 saturated carbocycles. The van der Waals surface area contributed by atoms with Crippen molar-refractivity contribution < 1.29 is 18.3 Å². The quantitative estimate of drug-likeness (QED) is 0.234. The van der Waals surface area contributed by atoms with Gasteiger partial charge < -0.3 is 19.8 Å². The van der Waals surface area contributed by atoms with E-state index in [4.69, 9.17) is 9.15 Å². The summed E-state index contributed by atoms with van der Waals surface area (Å²) in [5.41, 5.74) is 3.58. The number of halogens is 2. The molecule has 2 N–H and O–H groups in total. The standard InChI is InChI=1S/C25H32BrFN4O3SSi/c1-15(27)17(29-24(32)34-25(2,3)4)13-18-20(26)21-22(33-18)23(28-14-16-9-8-11-35-16)31-19(30-21)10-12-36(5,6)7/h8-9,11,15,17H,13-14H2,1-7H3,(H,29,32)(H,28,30,31)/t15-,17+/m0/s1. The molecule has 0 aliphatic carbocycles. The molecule has 0 aromatic carbocycles. The van der Waals surface area contributed by atoms with Crippen LogP contribution in [0.25, 0.3) is 11.1 Å². The summed E-state index contributed by atoms with van der Waals surface area (Å²) in [7, 11) is -1.65. The topological polar surface area (TPSA) is 89.3 Å². The smallest absolute Gasteiger partial charge is 0.407 e. The van der Waals surface area contributed by atoms with Gasteiger partial charge in [0.15, 0.2) is 11.4 Å². The Morgan fingerprint density at radius 1 is 1.33 bits per heavy atom. The molecule has 7 nitrogen and oxygen atoms in total. The first-order valence-electron chi connectivity index (χ1n) is 11.6. The number of aromatic nitrogens is 2. The van der Waals surface area contributed by atoms with Crippen LogP contribution in [0.3, 0.4) is 0 Å². The Morgan fingerprint density at radius 2 is 2.06 bits per heavy atom. The molecule has 3 aromatic rings. The molecule has 0 unspecified atom stereocenters. The van der Waals surface area contributed by atoms with Gasteiger partial charge in [0.25, 0.3) is 0 Å². The molecule has 2 atom stereocenters. The van der Waals surface area contributed by atoms with Crippen molar-refractivity contribution in [3.63, 3.8) is 0 Å². The minimum atomic E-state index is -1.65. The molecule has 0 aliphatic heterocycles. The fraction of sp³-hybridized carbons (Fsp3) is 0.480. The first-order valence-corrected chi connectivity index (χ1v) is 16.8. The highest BCUT2D eigenvalue weighted by Crippen LogP contribution is 2.34. The average Bonchev–Trinajstić information content (AvgIpc) is 3.37. The average molecular weight is 596 g/mol. The molecule has 0 aliphatic rings. The minimum absolute atomic E-state index is 0.0914. The third-order valence-corrected chi connectivity index (χ3v) is 7.33. The van der Waals surface area contributed by atoms with Gasteiger partial charge in [-0.05, 0) is 61.0 Å². The van der Waals surface area contributed by atoms with Gasteiger partial charge in [0.1, 0.15) is 31.1 Å². The Hall–Kier alpha value is -2.42. The number of alkyl halides is 1. The second kappa shape index (κ2) is 11.3. The van der Waals surface area contributed by atoms with E-state index in [1.54, 1.807) is 32.1 Å². The number of ether oxygens (including phenoxy) is 1. The maximum atomic E-state index is 14.5. The zero-order chi connectivity index (χ0) is 26.7. The van der Waals surface area contributed by atoms with E-state index in [2.05, 4.69) is 67.6 Å². The van der Waals surface area contributed by atoms with Gasteiger partial charge in [0, 0.05) is 11.3 Å². The van der Waals surface area contributed by atoms with Crippen LogP contribution in [0.1, 0.15) is 44.2 Å². The molecule has 11 heteroatoms. The van der Waals surface area contributed by atoms with E-state index in [-0.39, 0.29) is 6.42 Å². The van der Waals surface area contributed by atoms with Crippen molar-refractivity contribution >= 4 is 58.4 Å². The zero-order valence-electron chi connectivity index (χ0n) is 21.6. The number of thiophene rings is 1. The van der Waals surface area contributed by atoms with E-state index < -0.39 is 32.0 Å². The summed E-state index contributed by atoms with van der Waals surface area (Å²) in [4.78, 5) is 22.7. The van der Waals surface area contributed by atoms with Crippen molar-refractivity contribution in [2.24, 2.45) is 0 Å². The summed E-state index contributed by atoms with van der Waals surface area (Å²) in [5.74, 6) is 4.44. The van der Waals surface area contributed by atoms with Gasteiger partial charge >= 0.3 is 6.09 Å². The van der Waals surface area contributed by atoms with Gasteiger partial charge in [-0.1, -0.05) is 25.7 Å². The number of carbonyl (C=O) groups excluding carboxylic acids is 1. The summed E-state index contributed by atoms with van der Waals surface area (Å²) < 4.78 is 26.5. The van der Waals surface area contributed by atoms with Crippen LogP contribution in [0, 0.1) is 11.5 Å². The van der Waals surface area contributed by atoms with Crippen molar-refractivity contribution in [3.8, 4) is 11.5 Å². The van der Waals surface area contributed by atoms with E-state index in [1.165, 1.54) is 6.92 Å². The number of alkyl carbamates (subject to hydrolysis) is 1. The van der Waals surface area contributed by atoms with Crippen LogP contribution in [-0.4, -0.2) is 41.9 Å². The first-order chi connectivity index (χ1) is 16.7. The lowest BCUT2D eigenvalue weighted by Gasteiger charge is -2.24. The third kappa shape index (κ3) is 8.05. The lowest BCUT2D eigenvalue weighted by atomic mass is 10.1. The Morgan fingerprint density at radius 3 is 2.64 bits per heavy atom. The van der Waals surface area contributed by atoms with E-state index in [1.807, 2.05) is 17.5 Å². The third-order valence-electron chi connectivity index (χ3n) is 4.76. The van der Waals surface area contributed by atoms with Crippen molar-refractivity contribution in [1.82, 2.24) is 15.3 Å². The Labute approximate surface area is 224 Å². The second-order valence-electron chi connectivity index (χ2n) is 10.5. The molecule has 1 amide bonds. The number of fused-ring (bicyclic) bond motifs is 1. The molecule has 194 valence electrons. The largest absolute Gasteiger partial charge is 0.454 e. The number of anilines is 1. The number of amides is 1. The fourth-order valence-electron chi connectivity index (χ4n) is 3.12. The Kier molecular flexibility index (Phi) is 8.85. The molecule has 0 saturated heterocycles. The van der Waals surface area contributed by atoms with E-state index in [0.717, 1.165) is 4.88 Å². The molecule has 3 heterocycles. The summed E-state index contributed by atoms with van der Waals surface area (Å²) in [6.45, 7) is 13.6. The second-order valence-corrected chi connectivity index (χ2v) is 17.1. The highest BCUT2D eigenvalue weighted by atomic mass is 79.9. The number of carbonyl (C=O) groups is 1. The number of rotatable bonds is 7. The lowest BCUT2D eigenvalue weighted by Crippen LogP contribution is -2.44. The molecule has 0 spiro atoms. The maximum absolute atomic E-state index is 14.5. The molecule has 0 radical (unpaired) electrons. The van der Waals surface area contributed by atoms with E-state index in [0.29, 0.717) is 39.5 Å². The minimum Gasteiger partial charge on any atom is -0.454 e. The maximum Gasteiger partial charge on any atom is 0.407 e. The predicted octanol–water partition coefficient (Wildman–Crippen LogP) is 6.68. The van der Waals surface area contributed by atoms with Gasteiger partial charge in [-0.3, -0.25) is 0 Å². The van der Waals surface area contributed by atoms with Gasteiger partial charge in [-0.2, -0.15) is 4.98 Å². The highest BCUT2D eigenvalue weighted by Gasteiger charge is 2.27. The summed E-state index contributed by atoms with van der Waals surface area (Å²) in [6.07, 6.45) is -1.95. The van der Waals surface area contributed by atoms with Crippen LogP contribution in [0.4, 0.5) is 15.0 Å². The molecule has 0 fully saturated rings. The first kappa shape index (κ1) is 28.2. The molecule has 0 bridgehead atoms. The molecular formula is C25H32BrFN4O3SSi. The number of nitrogens with zero attached hydrogens (tertiary/aromatic N) is 2. The molecule has 3 aromatic heterocycles. The Bertz CT molecular complexity index is 1270. The molecular weight excluding hydrogens is 563 g/mol. The van der Waals surface area contributed by atoms with Crippen LogP contribution in [-0.2, 0) is 17.7 Å². The van der Waals surface area contributed by atoms with Crippen LogP contribution >= 0.6 is 27.3 Å². The van der Waals surface area contributed by atoms with Crippen LogP contribution in [0.2, 0.25) is 19.6 Å². The monoisotopic (exact) mass is 594 g/mol. The molecule has 36 heavy (non-hydrogen) atoms. The number of hydrogen-bond donors (Lipinski definition) is 2. The van der Waals surface area contributed by atoms with Crippen LogP contribution in [0.5, 0.6) is 0 Å². The number of hydrogen-bond acceptors (Lipinski definition) is 7. The zero-order valence-corrected chi connectivity index (χ0v) is 25.0. The van der Waals surface area contributed by atoms with Crippen molar-refractivity contribution in [3.05, 3.63) is 38.4 Å². The summed E-state index contributed by atoms with van der Waals surface area (Å²) in [6, 6.07) is 3.15. The van der Waals surface area contributed by atoms with Crippen molar-refractivity contribution in [1.29, 1.82) is 0 Å². The van der Waals surface area contributed by atoms with Crippen molar-refractivity contribution in [2.45, 2.75) is 78.1 Å². The highest BCUT2D eigenvalue weighted by molar-refractivity contribution is 9.10. The fourth-order valence-corrected chi connectivity index (χ4v) is 4.76. The summed E-state index contributed by atoms with van der Waals surface area (Å²) >= 11 is 5.21. The van der Waals surface area contributed by atoms with Gasteiger partial charge in [-0.25, -0.2) is 14.2 Å². The number of nitrogens with one attached hydrogen (secondary N) is 2. The summed E-state index contributed by atoms with van der Waals surface area (Å²) in [5, 5.41) is 7.95. The predicted molar refractivity (Wildman–Crippen MR) is 149 cm³/mol. The van der Waals surface area contributed by atoms with Crippen LogP contribution in [0.15, 0.2) is 26.4 Å². The van der Waals surface area contributed by atoms with E-state index >= 15 is 0 Å². The molecule has 3 rings (SSSR count). The number of furan rings is 1. The van der Waals surface area contributed by atoms with Gasteiger partial charge in [0.2, 0.25) is 5.82 Å². The lowest BCUT2D eigenvalue weighted by molar-refractivity contribution is 0.0476. The van der Waals surface area contributed by atoms with Crippen molar-refractivity contribution in [2.75, 3.05) is 5.32 Å². The van der Waals surface area contributed by atoms with Crippen LogP contribution < -0.4 is 10.6 Å². The van der Waals surface area contributed by atoms with E-state index in [9.17, 15) is 9.18 Å². The van der Waals surface area contributed by atoms with Gasteiger partial charge in [0.05, 0.1) is 17.1 Å². The Balaban J connectivity index is 1.97. The van der Waals surface area contributed by atoms with Gasteiger partial charge in [-0.15, -0.1) is 16.9 Å². The SMILES string of the molecule is C[C@H](F)[C@@H](Cc1oc2c(NCc3cccs3)nc(C#C[Si](C)(C)C)nc2c1Br)NC(=O)OC(C)(C)C.